The van der Waals surface area contributed by atoms with Gasteiger partial charge in [0.2, 0.25) is 10.0 Å². The summed E-state index contributed by atoms with van der Waals surface area (Å²) in [6.07, 6.45) is 0.939. The fourth-order valence-electron chi connectivity index (χ4n) is 2.63. The van der Waals surface area contributed by atoms with E-state index in [0.717, 1.165) is 34.6 Å². The van der Waals surface area contributed by atoms with Crippen molar-refractivity contribution in [3.05, 3.63) is 28.8 Å². The molecular formula is C15H24N2O2S2. The second-order valence-electron chi connectivity index (χ2n) is 5.60. The molecule has 1 aromatic rings. The molecule has 1 aliphatic heterocycles. The molecule has 1 unspecified atom stereocenters. The number of nitrogens with one attached hydrogen (secondary N) is 1. The number of benzene rings is 1. The van der Waals surface area contributed by atoms with Crippen LogP contribution < -0.4 is 5.32 Å². The van der Waals surface area contributed by atoms with Crippen molar-refractivity contribution in [2.75, 3.05) is 25.6 Å². The van der Waals surface area contributed by atoms with Gasteiger partial charge in [-0.2, -0.15) is 16.1 Å². The minimum Gasteiger partial charge on any atom is -0.316 e. The Morgan fingerprint density at radius 2 is 2.10 bits per heavy atom. The van der Waals surface area contributed by atoms with Crippen molar-refractivity contribution < 1.29 is 8.42 Å². The zero-order chi connectivity index (χ0) is 15.6. The standard InChI is InChI=1S/C15H24N2O2S2/c1-11-7-13(9-16-3)8-15(12(11)2)21(18,19)17(4)14-5-6-20-10-14/h7-8,14,16H,5-6,9-10H2,1-4H3. The molecule has 0 spiro atoms. The van der Waals surface area contributed by atoms with Crippen LogP contribution >= 0.6 is 11.8 Å². The van der Waals surface area contributed by atoms with Gasteiger partial charge in [0.15, 0.2) is 0 Å². The molecule has 1 N–H and O–H groups in total. The fourth-order valence-corrected chi connectivity index (χ4v) is 5.73. The van der Waals surface area contributed by atoms with Gasteiger partial charge in [-0.25, -0.2) is 8.42 Å². The van der Waals surface area contributed by atoms with Crippen LogP contribution in [0, 0.1) is 13.8 Å². The van der Waals surface area contributed by atoms with E-state index in [0.29, 0.717) is 11.4 Å². The van der Waals surface area contributed by atoms with E-state index in [2.05, 4.69) is 11.4 Å². The highest BCUT2D eigenvalue weighted by atomic mass is 32.2. The normalized spacial score (nSPS) is 19.4. The maximum absolute atomic E-state index is 12.9. The molecule has 0 aliphatic carbocycles. The van der Waals surface area contributed by atoms with Gasteiger partial charge >= 0.3 is 0 Å². The number of sulfonamides is 1. The Bertz CT molecular complexity index is 608. The predicted molar refractivity (Wildman–Crippen MR) is 89.4 cm³/mol. The second-order valence-corrected chi connectivity index (χ2v) is 8.72. The topological polar surface area (TPSA) is 49.4 Å². The first-order valence-corrected chi connectivity index (χ1v) is 9.78. The van der Waals surface area contributed by atoms with Crippen LogP contribution in [0.4, 0.5) is 0 Å². The van der Waals surface area contributed by atoms with E-state index >= 15 is 0 Å². The maximum atomic E-state index is 12.9. The Morgan fingerprint density at radius 1 is 1.38 bits per heavy atom. The SMILES string of the molecule is CNCc1cc(C)c(C)c(S(=O)(=O)N(C)C2CCSC2)c1. The van der Waals surface area contributed by atoms with Crippen LogP contribution in [0.15, 0.2) is 17.0 Å². The Balaban J connectivity index is 2.43. The molecule has 1 aromatic carbocycles. The van der Waals surface area contributed by atoms with Gasteiger partial charge in [0, 0.05) is 25.4 Å². The summed E-state index contributed by atoms with van der Waals surface area (Å²) in [5.41, 5.74) is 2.89. The monoisotopic (exact) mass is 328 g/mol. The lowest BCUT2D eigenvalue weighted by molar-refractivity contribution is 0.394. The quantitative estimate of drug-likeness (QED) is 0.900. The Hall–Kier alpha value is -0.560. The number of hydrogen-bond donors (Lipinski definition) is 1. The molecule has 1 aliphatic rings. The molecule has 0 saturated carbocycles. The van der Waals surface area contributed by atoms with Crippen LogP contribution in [-0.4, -0.2) is 44.4 Å². The van der Waals surface area contributed by atoms with E-state index in [-0.39, 0.29) is 6.04 Å². The molecular weight excluding hydrogens is 304 g/mol. The Kier molecular flexibility index (Phi) is 5.35. The van der Waals surface area contributed by atoms with Crippen molar-refractivity contribution in [3.63, 3.8) is 0 Å². The van der Waals surface area contributed by atoms with E-state index in [1.165, 1.54) is 0 Å². The first-order valence-electron chi connectivity index (χ1n) is 7.18. The molecule has 4 nitrogen and oxygen atoms in total. The van der Waals surface area contributed by atoms with E-state index in [9.17, 15) is 8.42 Å². The second kappa shape index (κ2) is 6.69. The first kappa shape index (κ1) is 16.8. The highest BCUT2D eigenvalue weighted by Crippen LogP contribution is 2.29. The zero-order valence-electron chi connectivity index (χ0n) is 13.1. The predicted octanol–water partition coefficient (Wildman–Crippen LogP) is 2.15. The fraction of sp³-hybridized carbons (Fsp3) is 0.600. The van der Waals surface area contributed by atoms with Crippen LogP contribution in [-0.2, 0) is 16.6 Å². The van der Waals surface area contributed by atoms with E-state index in [1.54, 1.807) is 11.4 Å². The van der Waals surface area contributed by atoms with Crippen molar-refractivity contribution in [1.82, 2.24) is 9.62 Å². The summed E-state index contributed by atoms with van der Waals surface area (Å²) in [5, 5.41) is 3.08. The molecule has 1 saturated heterocycles. The number of rotatable bonds is 5. The molecule has 118 valence electrons. The van der Waals surface area contributed by atoms with Crippen LogP contribution in [0.2, 0.25) is 0 Å². The maximum Gasteiger partial charge on any atom is 0.243 e. The molecule has 0 bridgehead atoms. The van der Waals surface area contributed by atoms with Gasteiger partial charge in [0.25, 0.3) is 0 Å². The van der Waals surface area contributed by atoms with Crippen LogP contribution in [0.3, 0.4) is 0 Å². The van der Waals surface area contributed by atoms with Gasteiger partial charge < -0.3 is 5.32 Å². The van der Waals surface area contributed by atoms with Gasteiger partial charge in [-0.15, -0.1) is 0 Å². The third kappa shape index (κ3) is 3.44. The Labute approximate surface area is 132 Å². The van der Waals surface area contributed by atoms with Crippen molar-refractivity contribution in [2.45, 2.75) is 37.8 Å². The van der Waals surface area contributed by atoms with Gasteiger partial charge in [-0.05, 0) is 55.8 Å². The molecule has 21 heavy (non-hydrogen) atoms. The number of hydrogen-bond acceptors (Lipinski definition) is 4. The zero-order valence-corrected chi connectivity index (χ0v) is 14.8. The Morgan fingerprint density at radius 3 is 2.67 bits per heavy atom. The summed E-state index contributed by atoms with van der Waals surface area (Å²) in [7, 11) is 0.156. The molecule has 0 radical (unpaired) electrons. The van der Waals surface area contributed by atoms with E-state index in [4.69, 9.17) is 0 Å². The van der Waals surface area contributed by atoms with Crippen molar-refractivity contribution in [2.24, 2.45) is 0 Å². The van der Waals surface area contributed by atoms with Gasteiger partial charge in [-0.1, -0.05) is 6.07 Å². The molecule has 0 aromatic heterocycles. The van der Waals surface area contributed by atoms with Crippen molar-refractivity contribution >= 4 is 21.8 Å². The minimum atomic E-state index is -3.42. The molecule has 1 atom stereocenters. The van der Waals surface area contributed by atoms with Crippen molar-refractivity contribution in [3.8, 4) is 0 Å². The van der Waals surface area contributed by atoms with Crippen LogP contribution in [0.25, 0.3) is 0 Å². The first-order chi connectivity index (χ1) is 9.87. The molecule has 1 fully saturated rings. The summed E-state index contributed by atoms with van der Waals surface area (Å²) in [6.45, 7) is 4.54. The summed E-state index contributed by atoms with van der Waals surface area (Å²) >= 11 is 1.82. The minimum absolute atomic E-state index is 0.118. The highest BCUT2D eigenvalue weighted by Gasteiger charge is 2.31. The highest BCUT2D eigenvalue weighted by molar-refractivity contribution is 7.99. The summed E-state index contributed by atoms with van der Waals surface area (Å²) in [5.74, 6) is 1.94. The largest absolute Gasteiger partial charge is 0.316 e. The molecule has 2 rings (SSSR count). The third-order valence-electron chi connectivity index (χ3n) is 4.14. The average Bonchev–Trinajstić information content (AvgIpc) is 2.95. The lowest BCUT2D eigenvalue weighted by atomic mass is 10.1. The number of thioether (sulfide) groups is 1. The van der Waals surface area contributed by atoms with Crippen molar-refractivity contribution in [1.29, 1.82) is 0 Å². The van der Waals surface area contributed by atoms with Gasteiger partial charge in [0.05, 0.1) is 4.90 Å². The smallest absolute Gasteiger partial charge is 0.243 e. The molecule has 0 amide bonds. The third-order valence-corrected chi connectivity index (χ3v) is 7.32. The summed E-state index contributed by atoms with van der Waals surface area (Å²) in [4.78, 5) is 0.451. The van der Waals surface area contributed by atoms with E-state index in [1.807, 2.05) is 38.7 Å². The number of nitrogens with zero attached hydrogens (tertiary/aromatic N) is 1. The lowest BCUT2D eigenvalue weighted by Gasteiger charge is -2.25. The van der Waals surface area contributed by atoms with Gasteiger partial charge in [-0.3, -0.25) is 0 Å². The lowest BCUT2D eigenvalue weighted by Crippen LogP contribution is -2.37. The van der Waals surface area contributed by atoms with E-state index < -0.39 is 10.0 Å². The number of aryl methyl sites for hydroxylation is 1. The summed E-state index contributed by atoms with van der Waals surface area (Å²) < 4.78 is 27.5. The van der Waals surface area contributed by atoms with Gasteiger partial charge in [0.1, 0.15) is 0 Å². The van der Waals surface area contributed by atoms with Crippen LogP contribution in [0.1, 0.15) is 23.1 Å². The molecule has 6 heteroatoms. The summed E-state index contributed by atoms with van der Waals surface area (Å²) in [6, 6.07) is 3.98. The van der Waals surface area contributed by atoms with Crippen LogP contribution in [0.5, 0.6) is 0 Å². The molecule has 1 heterocycles. The average molecular weight is 329 g/mol.